The highest BCUT2D eigenvalue weighted by atomic mass is 35.5. The molecular weight excluding hydrogens is 309 g/mol. The summed E-state index contributed by atoms with van der Waals surface area (Å²) < 4.78 is 5.20. The molecule has 0 aliphatic heterocycles. The average Bonchev–Trinajstić information content (AvgIpc) is 2.46. The summed E-state index contributed by atoms with van der Waals surface area (Å²) in [6.07, 6.45) is 0.933. The number of benzene rings is 2. The van der Waals surface area contributed by atoms with E-state index in [4.69, 9.17) is 33.7 Å². The first-order valence-corrected chi connectivity index (χ1v) is 7.24. The van der Waals surface area contributed by atoms with Gasteiger partial charge in [-0.15, -0.1) is 0 Å². The minimum atomic E-state index is -0.266. The number of nitrogens with two attached hydrogens (primary N) is 1. The van der Waals surface area contributed by atoms with Crippen molar-refractivity contribution in [1.29, 1.82) is 0 Å². The molecule has 0 saturated carbocycles. The summed E-state index contributed by atoms with van der Waals surface area (Å²) in [5, 5.41) is 1.05. The number of ether oxygens (including phenoxy) is 1. The molecule has 0 fully saturated rings. The highest BCUT2D eigenvalue weighted by Crippen LogP contribution is 2.21. The van der Waals surface area contributed by atoms with E-state index >= 15 is 0 Å². The van der Waals surface area contributed by atoms with Crippen molar-refractivity contribution in [2.75, 3.05) is 5.73 Å². The van der Waals surface area contributed by atoms with Crippen molar-refractivity contribution < 1.29 is 9.53 Å². The van der Waals surface area contributed by atoms with Crippen LogP contribution in [0.15, 0.2) is 42.5 Å². The summed E-state index contributed by atoms with van der Waals surface area (Å²) in [6, 6.07) is 12.5. The fraction of sp³-hybridized carbons (Fsp3) is 0.188. The Balaban J connectivity index is 1.80. The van der Waals surface area contributed by atoms with E-state index in [0.29, 0.717) is 28.6 Å². The molecule has 0 saturated heterocycles. The molecule has 0 heterocycles. The molecule has 3 nitrogen and oxygen atoms in total. The molecule has 5 heteroatoms. The fourth-order valence-corrected chi connectivity index (χ4v) is 2.26. The molecular formula is C16H15Cl2NO2. The van der Waals surface area contributed by atoms with Crippen LogP contribution in [0, 0.1) is 0 Å². The first-order valence-electron chi connectivity index (χ1n) is 6.48. The van der Waals surface area contributed by atoms with Crippen LogP contribution in [0.2, 0.25) is 10.0 Å². The van der Waals surface area contributed by atoms with Crippen LogP contribution < -0.4 is 5.73 Å². The van der Waals surface area contributed by atoms with Gasteiger partial charge in [0.05, 0.1) is 0 Å². The Morgan fingerprint density at radius 1 is 1.10 bits per heavy atom. The van der Waals surface area contributed by atoms with Crippen LogP contribution in [-0.2, 0) is 22.6 Å². The van der Waals surface area contributed by atoms with Gasteiger partial charge < -0.3 is 10.5 Å². The van der Waals surface area contributed by atoms with Gasteiger partial charge in [-0.25, -0.2) is 0 Å². The summed E-state index contributed by atoms with van der Waals surface area (Å²) in [5.41, 5.74) is 8.10. The number of hydrogen-bond donors (Lipinski definition) is 1. The van der Waals surface area contributed by atoms with Crippen LogP contribution in [0.1, 0.15) is 17.5 Å². The van der Waals surface area contributed by atoms with Gasteiger partial charge in [0.25, 0.3) is 0 Å². The lowest BCUT2D eigenvalue weighted by molar-refractivity contribution is -0.144. The number of carbonyl (C=O) groups excluding carboxylic acids is 1. The molecule has 0 radical (unpaired) electrons. The van der Waals surface area contributed by atoms with Gasteiger partial charge in [0.15, 0.2) is 0 Å². The summed E-state index contributed by atoms with van der Waals surface area (Å²) in [6.45, 7) is 0.149. The number of nitrogen functional groups attached to an aromatic ring is 1. The maximum atomic E-state index is 11.7. The Labute approximate surface area is 133 Å². The minimum absolute atomic E-state index is 0.149. The lowest BCUT2D eigenvalue weighted by atomic mass is 10.1. The Bertz CT molecular complexity index is 627. The van der Waals surface area contributed by atoms with Gasteiger partial charge in [0.2, 0.25) is 0 Å². The van der Waals surface area contributed by atoms with Crippen LogP contribution in [0.3, 0.4) is 0 Å². The lowest BCUT2D eigenvalue weighted by Crippen LogP contribution is -2.06. The van der Waals surface area contributed by atoms with Crippen molar-refractivity contribution in [3.05, 3.63) is 63.6 Å². The van der Waals surface area contributed by atoms with Crippen LogP contribution >= 0.6 is 23.2 Å². The number of rotatable bonds is 5. The SMILES string of the molecule is Nc1ccc(CCC(=O)OCc2ccc(Cl)cc2Cl)cc1. The number of anilines is 1. The molecule has 0 aliphatic rings. The Morgan fingerprint density at radius 2 is 1.81 bits per heavy atom. The normalized spacial score (nSPS) is 10.4. The van der Waals surface area contributed by atoms with Crippen molar-refractivity contribution in [2.45, 2.75) is 19.4 Å². The number of hydrogen-bond acceptors (Lipinski definition) is 3. The van der Waals surface area contributed by atoms with Crippen LogP contribution in [-0.4, -0.2) is 5.97 Å². The molecule has 0 aliphatic carbocycles. The smallest absolute Gasteiger partial charge is 0.306 e. The van der Waals surface area contributed by atoms with Gasteiger partial charge in [0.1, 0.15) is 6.61 Å². The molecule has 2 N–H and O–H groups in total. The quantitative estimate of drug-likeness (QED) is 0.661. The van der Waals surface area contributed by atoms with E-state index in [1.54, 1.807) is 18.2 Å². The highest BCUT2D eigenvalue weighted by molar-refractivity contribution is 6.35. The second-order valence-electron chi connectivity index (χ2n) is 4.64. The van der Waals surface area contributed by atoms with Crippen molar-refractivity contribution in [2.24, 2.45) is 0 Å². The number of carbonyl (C=O) groups is 1. The summed E-state index contributed by atoms with van der Waals surface area (Å²) in [7, 11) is 0. The van der Waals surface area contributed by atoms with Crippen molar-refractivity contribution in [3.63, 3.8) is 0 Å². The van der Waals surface area contributed by atoms with Crippen LogP contribution in [0.25, 0.3) is 0 Å². The van der Waals surface area contributed by atoms with Gasteiger partial charge in [-0.2, -0.15) is 0 Å². The Hall–Kier alpha value is -1.71. The van der Waals surface area contributed by atoms with E-state index in [9.17, 15) is 4.79 Å². The van der Waals surface area contributed by atoms with E-state index in [-0.39, 0.29) is 12.6 Å². The second-order valence-corrected chi connectivity index (χ2v) is 5.48. The Morgan fingerprint density at radius 3 is 2.48 bits per heavy atom. The minimum Gasteiger partial charge on any atom is -0.461 e. The molecule has 2 aromatic carbocycles. The molecule has 0 aromatic heterocycles. The second kappa shape index (κ2) is 7.34. The number of halogens is 2. The van der Waals surface area contributed by atoms with E-state index in [2.05, 4.69) is 0 Å². The maximum absolute atomic E-state index is 11.7. The van der Waals surface area contributed by atoms with E-state index in [1.165, 1.54) is 0 Å². The number of esters is 1. The maximum Gasteiger partial charge on any atom is 0.306 e. The molecule has 0 unspecified atom stereocenters. The zero-order valence-corrected chi connectivity index (χ0v) is 12.8. The van der Waals surface area contributed by atoms with Crippen molar-refractivity contribution in [1.82, 2.24) is 0 Å². The Kier molecular flexibility index (Phi) is 5.48. The van der Waals surface area contributed by atoms with Crippen LogP contribution in [0.4, 0.5) is 5.69 Å². The van der Waals surface area contributed by atoms with E-state index < -0.39 is 0 Å². The van der Waals surface area contributed by atoms with Gasteiger partial charge in [-0.1, -0.05) is 41.4 Å². The predicted octanol–water partition coefficient (Wildman–Crippen LogP) is 4.25. The molecule has 2 aromatic rings. The van der Waals surface area contributed by atoms with Gasteiger partial charge in [-0.3, -0.25) is 4.79 Å². The topological polar surface area (TPSA) is 52.3 Å². The van der Waals surface area contributed by atoms with Crippen LogP contribution in [0.5, 0.6) is 0 Å². The standard InChI is InChI=1S/C16H15Cl2NO2/c17-13-5-4-12(15(18)9-13)10-21-16(20)8-3-11-1-6-14(19)7-2-11/h1-2,4-7,9H,3,8,10,19H2. The summed E-state index contributed by atoms with van der Waals surface area (Å²) in [5.74, 6) is -0.266. The third-order valence-corrected chi connectivity index (χ3v) is 3.59. The summed E-state index contributed by atoms with van der Waals surface area (Å²) >= 11 is 11.8. The molecule has 0 bridgehead atoms. The first kappa shape index (κ1) is 15.7. The van der Waals surface area contributed by atoms with Gasteiger partial charge in [-0.05, 0) is 36.2 Å². The monoisotopic (exact) mass is 323 g/mol. The van der Waals surface area contributed by atoms with E-state index in [0.717, 1.165) is 11.1 Å². The first-order chi connectivity index (χ1) is 10.0. The molecule has 21 heavy (non-hydrogen) atoms. The number of aryl methyl sites for hydroxylation is 1. The zero-order valence-electron chi connectivity index (χ0n) is 11.3. The lowest BCUT2D eigenvalue weighted by Gasteiger charge is -2.07. The molecule has 0 spiro atoms. The third-order valence-electron chi connectivity index (χ3n) is 3.00. The molecule has 0 amide bonds. The zero-order chi connectivity index (χ0) is 15.2. The van der Waals surface area contributed by atoms with Gasteiger partial charge >= 0.3 is 5.97 Å². The van der Waals surface area contributed by atoms with Gasteiger partial charge in [0, 0.05) is 27.7 Å². The third kappa shape index (κ3) is 4.96. The van der Waals surface area contributed by atoms with Crippen molar-refractivity contribution in [3.8, 4) is 0 Å². The largest absolute Gasteiger partial charge is 0.461 e. The van der Waals surface area contributed by atoms with Crippen molar-refractivity contribution >= 4 is 34.9 Å². The highest BCUT2D eigenvalue weighted by Gasteiger charge is 2.07. The molecule has 2 rings (SSSR count). The molecule has 0 atom stereocenters. The predicted molar refractivity (Wildman–Crippen MR) is 85.4 cm³/mol. The fourth-order valence-electron chi connectivity index (χ4n) is 1.80. The average molecular weight is 324 g/mol. The molecule has 110 valence electrons. The summed E-state index contributed by atoms with van der Waals surface area (Å²) in [4.78, 5) is 11.7. The van der Waals surface area contributed by atoms with E-state index in [1.807, 2.05) is 24.3 Å².